The number of rotatable bonds is 6. The highest BCUT2D eigenvalue weighted by atomic mass is 19.4. The van der Waals surface area contributed by atoms with Crippen LogP contribution in [0.15, 0.2) is 42.5 Å². The van der Waals surface area contributed by atoms with E-state index in [4.69, 9.17) is 14.2 Å². The summed E-state index contributed by atoms with van der Waals surface area (Å²) < 4.78 is 54.5. The highest BCUT2D eigenvalue weighted by molar-refractivity contribution is 5.92. The Morgan fingerprint density at radius 2 is 1.70 bits per heavy atom. The molecule has 8 heteroatoms. The average molecular weight is 419 g/mol. The summed E-state index contributed by atoms with van der Waals surface area (Å²) in [6, 6.07) is 8.34. The summed E-state index contributed by atoms with van der Waals surface area (Å²) in [6.07, 6.45) is -1.68. The molecule has 0 aliphatic carbocycles. The summed E-state index contributed by atoms with van der Waals surface area (Å²) in [5.74, 6) is 5.80. The second kappa shape index (κ2) is 10.3. The number of carbonyl (C=O) groups is 1. The zero-order valence-corrected chi connectivity index (χ0v) is 16.6. The molecule has 2 rings (SSSR count). The van der Waals surface area contributed by atoms with E-state index in [-0.39, 0.29) is 12.1 Å². The lowest BCUT2D eigenvalue weighted by molar-refractivity contribution is -0.137. The Bertz CT molecular complexity index is 963. The van der Waals surface area contributed by atoms with E-state index in [1.807, 2.05) is 0 Å². The first-order valence-electron chi connectivity index (χ1n) is 8.71. The minimum Gasteiger partial charge on any atom is -0.493 e. The van der Waals surface area contributed by atoms with Gasteiger partial charge in [-0.05, 0) is 35.9 Å². The van der Waals surface area contributed by atoms with Crippen LogP contribution in [0.25, 0.3) is 6.08 Å². The maximum atomic E-state index is 12.9. The maximum Gasteiger partial charge on any atom is 0.417 e. The van der Waals surface area contributed by atoms with E-state index in [1.165, 1.54) is 51.7 Å². The number of nitrogens with one attached hydrogen (secondary N) is 1. The Labute approximate surface area is 172 Å². The van der Waals surface area contributed by atoms with Crippen LogP contribution in [0.5, 0.6) is 17.2 Å². The van der Waals surface area contributed by atoms with Gasteiger partial charge in [-0.1, -0.05) is 24.0 Å². The molecule has 0 radical (unpaired) electrons. The van der Waals surface area contributed by atoms with Crippen molar-refractivity contribution >= 4 is 12.0 Å². The number of hydrogen-bond acceptors (Lipinski definition) is 4. The summed E-state index contributed by atoms with van der Waals surface area (Å²) >= 11 is 0. The van der Waals surface area contributed by atoms with Crippen LogP contribution in [-0.4, -0.2) is 33.8 Å². The fourth-order valence-electron chi connectivity index (χ4n) is 2.54. The Morgan fingerprint density at radius 3 is 2.27 bits per heavy atom. The third-order valence-corrected chi connectivity index (χ3v) is 3.92. The van der Waals surface area contributed by atoms with Crippen LogP contribution in [-0.2, 0) is 11.0 Å². The molecule has 0 saturated carbocycles. The number of amides is 1. The van der Waals surface area contributed by atoms with Crippen molar-refractivity contribution in [3.05, 3.63) is 59.2 Å². The first-order valence-corrected chi connectivity index (χ1v) is 8.71. The highest BCUT2D eigenvalue weighted by Gasteiger charge is 2.32. The quantitative estimate of drug-likeness (QED) is 0.570. The molecule has 0 aromatic heterocycles. The Hall–Kier alpha value is -3.60. The predicted molar refractivity (Wildman–Crippen MR) is 106 cm³/mol. The molecule has 0 heterocycles. The predicted octanol–water partition coefficient (Wildman–Crippen LogP) is 3.91. The number of methoxy groups -OCH3 is 3. The SMILES string of the molecule is COc1cc(/C=C/C(=O)NCC#Cc2ccccc2C(F)(F)F)cc(OC)c1OC. The molecule has 0 aliphatic heterocycles. The van der Waals surface area contributed by atoms with Crippen LogP contribution < -0.4 is 19.5 Å². The van der Waals surface area contributed by atoms with E-state index in [0.29, 0.717) is 22.8 Å². The van der Waals surface area contributed by atoms with Crippen LogP contribution in [0.3, 0.4) is 0 Å². The molecule has 0 bridgehead atoms. The zero-order chi connectivity index (χ0) is 22.1. The van der Waals surface area contributed by atoms with Crippen LogP contribution >= 0.6 is 0 Å². The van der Waals surface area contributed by atoms with Crippen LogP contribution in [0.1, 0.15) is 16.7 Å². The van der Waals surface area contributed by atoms with Crippen LogP contribution in [0.2, 0.25) is 0 Å². The van der Waals surface area contributed by atoms with E-state index in [2.05, 4.69) is 17.2 Å². The number of hydrogen-bond donors (Lipinski definition) is 1. The number of ether oxygens (including phenoxy) is 3. The Kier molecular flexibility index (Phi) is 7.76. The molecular weight excluding hydrogens is 399 g/mol. The molecule has 0 unspecified atom stereocenters. The lowest BCUT2D eigenvalue weighted by Gasteiger charge is -2.12. The largest absolute Gasteiger partial charge is 0.493 e. The summed E-state index contributed by atoms with van der Waals surface area (Å²) in [6.45, 7) is -0.107. The van der Waals surface area contributed by atoms with Crippen molar-refractivity contribution in [3.63, 3.8) is 0 Å². The lowest BCUT2D eigenvalue weighted by Crippen LogP contribution is -2.21. The normalized spacial score (nSPS) is 10.9. The van der Waals surface area contributed by atoms with Crippen LogP contribution in [0, 0.1) is 11.8 Å². The molecule has 0 fully saturated rings. The van der Waals surface area contributed by atoms with Gasteiger partial charge in [0.2, 0.25) is 11.7 Å². The second-order valence-electron chi connectivity index (χ2n) is 5.85. The van der Waals surface area contributed by atoms with Crippen molar-refractivity contribution in [1.29, 1.82) is 0 Å². The van der Waals surface area contributed by atoms with Gasteiger partial charge in [-0.2, -0.15) is 13.2 Å². The molecule has 2 aromatic carbocycles. The van der Waals surface area contributed by atoms with Gasteiger partial charge in [-0.3, -0.25) is 4.79 Å². The van der Waals surface area contributed by atoms with Gasteiger partial charge < -0.3 is 19.5 Å². The molecule has 30 heavy (non-hydrogen) atoms. The van der Waals surface area contributed by atoms with Gasteiger partial charge >= 0.3 is 6.18 Å². The van der Waals surface area contributed by atoms with Gasteiger partial charge in [-0.15, -0.1) is 0 Å². The molecule has 0 atom stereocenters. The number of benzene rings is 2. The van der Waals surface area contributed by atoms with Crippen molar-refractivity contribution in [1.82, 2.24) is 5.32 Å². The minimum atomic E-state index is -4.49. The molecule has 1 amide bonds. The lowest BCUT2D eigenvalue weighted by atomic mass is 10.1. The van der Waals surface area contributed by atoms with Gasteiger partial charge in [0.1, 0.15) is 0 Å². The maximum absolute atomic E-state index is 12.9. The van der Waals surface area contributed by atoms with E-state index < -0.39 is 17.6 Å². The molecule has 5 nitrogen and oxygen atoms in total. The van der Waals surface area contributed by atoms with E-state index in [0.717, 1.165) is 6.07 Å². The van der Waals surface area contributed by atoms with Crippen molar-refractivity contribution in [3.8, 4) is 29.1 Å². The molecule has 0 spiro atoms. The fraction of sp³-hybridized carbons (Fsp3) is 0.227. The van der Waals surface area contributed by atoms with E-state index in [9.17, 15) is 18.0 Å². The Morgan fingerprint density at radius 1 is 1.07 bits per heavy atom. The number of carbonyl (C=O) groups excluding carboxylic acids is 1. The molecule has 1 N–H and O–H groups in total. The fourth-order valence-corrected chi connectivity index (χ4v) is 2.54. The van der Waals surface area contributed by atoms with Gasteiger partial charge in [0.15, 0.2) is 11.5 Å². The first kappa shape index (κ1) is 22.7. The summed E-state index contributed by atoms with van der Waals surface area (Å²) in [4.78, 5) is 12.0. The second-order valence-corrected chi connectivity index (χ2v) is 5.85. The Balaban J connectivity index is 2.04. The molecule has 0 saturated heterocycles. The van der Waals surface area contributed by atoms with Crippen molar-refractivity contribution in [2.45, 2.75) is 6.18 Å². The standard InChI is InChI=1S/C22H20F3NO4/c1-28-18-13-15(14-19(29-2)21(18)30-3)10-11-20(27)26-12-6-8-16-7-4-5-9-17(16)22(23,24)25/h4-5,7,9-11,13-14H,12H2,1-3H3,(H,26,27)/b11-10+. The zero-order valence-electron chi connectivity index (χ0n) is 16.6. The monoisotopic (exact) mass is 419 g/mol. The molecule has 2 aromatic rings. The summed E-state index contributed by atoms with van der Waals surface area (Å²) in [5, 5.41) is 2.49. The number of alkyl halides is 3. The topological polar surface area (TPSA) is 56.8 Å². The molecule has 0 aliphatic rings. The van der Waals surface area contributed by atoms with Crippen molar-refractivity contribution in [2.24, 2.45) is 0 Å². The minimum absolute atomic E-state index is 0.107. The average Bonchev–Trinajstić information content (AvgIpc) is 2.73. The van der Waals surface area contributed by atoms with Crippen LogP contribution in [0.4, 0.5) is 13.2 Å². The first-order chi connectivity index (χ1) is 14.3. The van der Waals surface area contributed by atoms with Crippen molar-refractivity contribution in [2.75, 3.05) is 27.9 Å². The number of halogens is 3. The van der Waals surface area contributed by atoms with Gasteiger partial charge in [0.25, 0.3) is 0 Å². The smallest absolute Gasteiger partial charge is 0.417 e. The third-order valence-electron chi connectivity index (χ3n) is 3.92. The third kappa shape index (κ3) is 5.95. The van der Waals surface area contributed by atoms with Gasteiger partial charge in [0, 0.05) is 11.6 Å². The highest BCUT2D eigenvalue weighted by Crippen LogP contribution is 2.38. The molecular formula is C22H20F3NO4. The van der Waals surface area contributed by atoms with E-state index in [1.54, 1.807) is 12.1 Å². The van der Waals surface area contributed by atoms with E-state index >= 15 is 0 Å². The summed E-state index contributed by atoms with van der Waals surface area (Å²) in [5.41, 5.74) is -0.330. The van der Waals surface area contributed by atoms with Gasteiger partial charge in [-0.25, -0.2) is 0 Å². The van der Waals surface area contributed by atoms with Crippen molar-refractivity contribution < 1.29 is 32.2 Å². The summed E-state index contributed by atoms with van der Waals surface area (Å²) in [7, 11) is 4.44. The van der Waals surface area contributed by atoms with Gasteiger partial charge in [0.05, 0.1) is 33.4 Å². The molecule has 158 valence electrons.